The Morgan fingerprint density at radius 3 is 3.00 bits per heavy atom. The lowest BCUT2D eigenvalue weighted by molar-refractivity contribution is -0.120. The Hall–Kier alpha value is -1.55. The molecule has 2 atom stereocenters. The Kier molecular flexibility index (Phi) is 6.05. The van der Waals surface area contributed by atoms with E-state index in [0.717, 1.165) is 17.9 Å². The number of methoxy groups -OCH3 is 1. The average Bonchev–Trinajstić information content (AvgIpc) is 2.53. The maximum absolute atomic E-state index is 12.1. The SMILES string of the molecule is CCC1CCCNC1CNC(=O)Cc1ccccc1OC. The molecule has 1 aromatic carbocycles. The minimum absolute atomic E-state index is 0.0572. The highest BCUT2D eigenvalue weighted by atomic mass is 16.5. The molecule has 0 saturated carbocycles. The van der Waals surface area contributed by atoms with Gasteiger partial charge in [0.25, 0.3) is 0 Å². The van der Waals surface area contributed by atoms with Crippen molar-refractivity contribution in [1.82, 2.24) is 10.6 Å². The first-order valence-electron chi connectivity index (χ1n) is 7.86. The number of amides is 1. The van der Waals surface area contributed by atoms with Crippen LogP contribution in [0.4, 0.5) is 0 Å². The second-order valence-electron chi connectivity index (χ2n) is 5.66. The van der Waals surface area contributed by atoms with Crippen molar-refractivity contribution in [2.24, 2.45) is 5.92 Å². The van der Waals surface area contributed by atoms with Gasteiger partial charge < -0.3 is 15.4 Å². The summed E-state index contributed by atoms with van der Waals surface area (Å²) in [7, 11) is 1.63. The van der Waals surface area contributed by atoms with Crippen molar-refractivity contribution in [3.8, 4) is 5.75 Å². The van der Waals surface area contributed by atoms with Gasteiger partial charge in [-0.3, -0.25) is 4.79 Å². The molecule has 1 aromatic rings. The van der Waals surface area contributed by atoms with Crippen LogP contribution in [0.15, 0.2) is 24.3 Å². The molecule has 0 spiro atoms. The van der Waals surface area contributed by atoms with Crippen molar-refractivity contribution in [3.63, 3.8) is 0 Å². The second-order valence-corrected chi connectivity index (χ2v) is 5.66. The fourth-order valence-electron chi connectivity index (χ4n) is 3.06. The summed E-state index contributed by atoms with van der Waals surface area (Å²) in [5.74, 6) is 1.50. The minimum atomic E-state index is 0.0572. The topological polar surface area (TPSA) is 50.4 Å². The van der Waals surface area contributed by atoms with E-state index in [-0.39, 0.29) is 5.91 Å². The lowest BCUT2D eigenvalue weighted by Crippen LogP contribution is -2.48. The summed E-state index contributed by atoms with van der Waals surface area (Å²) < 4.78 is 5.28. The number of benzene rings is 1. The molecule has 0 bridgehead atoms. The number of ether oxygens (including phenoxy) is 1. The molecular formula is C17H26N2O2. The summed E-state index contributed by atoms with van der Waals surface area (Å²) in [6, 6.07) is 8.08. The van der Waals surface area contributed by atoms with Gasteiger partial charge >= 0.3 is 0 Å². The van der Waals surface area contributed by atoms with Gasteiger partial charge in [-0.2, -0.15) is 0 Å². The maximum atomic E-state index is 12.1. The van der Waals surface area contributed by atoms with Gasteiger partial charge in [0.1, 0.15) is 5.75 Å². The van der Waals surface area contributed by atoms with Crippen molar-refractivity contribution < 1.29 is 9.53 Å². The van der Waals surface area contributed by atoms with Crippen LogP contribution in [0, 0.1) is 5.92 Å². The zero-order valence-electron chi connectivity index (χ0n) is 13.0. The van der Waals surface area contributed by atoms with Crippen LogP contribution in [0.25, 0.3) is 0 Å². The standard InChI is InChI=1S/C17H26N2O2/c1-3-13-8-6-10-18-15(13)12-19-17(20)11-14-7-4-5-9-16(14)21-2/h4-5,7,9,13,15,18H,3,6,8,10-12H2,1-2H3,(H,19,20). The molecule has 1 amide bonds. The van der Waals surface area contributed by atoms with Gasteiger partial charge in [-0.15, -0.1) is 0 Å². The number of carbonyl (C=O) groups is 1. The molecule has 1 heterocycles. The normalized spacial score (nSPS) is 21.8. The van der Waals surface area contributed by atoms with E-state index in [1.807, 2.05) is 24.3 Å². The first-order chi connectivity index (χ1) is 10.2. The number of nitrogens with one attached hydrogen (secondary N) is 2. The fourth-order valence-corrected chi connectivity index (χ4v) is 3.06. The van der Waals surface area contributed by atoms with Gasteiger partial charge in [-0.25, -0.2) is 0 Å². The van der Waals surface area contributed by atoms with Gasteiger partial charge in [0.2, 0.25) is 5.91 Å². The van der Waals surface area contributed by atoms with Gasteiger partial charge in [-0.05, 0) is 31.4 Å². The van der Waals surface area contributed by atoms with E-state index in [1.165, 1.54) is 19.3 Å². The summed E-state index contributed by atoms with van der Waals surface area (Å²) >= 11 is 0. The zero-order valence-corrected chi connectivity index (χ0v) is 13.0. The fraction of sp³-hybridized carbons (Fsp3) is 0.588. The Labute approximate surface area is 127 Å². The summed E-state index contributed by atoms with van der Waals surface area (Å²) in [5.41, 5.74) is 0.932. The highest BCUT2D eigenvalue weighted by Crippen LogP contribution is 2.20. The highest BCUT2D eigenvalue weighted by molar-refractivity contribution is 5.79. The van der Waals surface area contributed by atoms with E-state index in [0.29, 0.717) is 24.9 Å². The van der Waals surface area contributed by atoms with E-state index in [4.69, 9.17) is 4.74 Å². The summed E-state index contributed by atoms with van der Waals surface area (Å²) in [5, 5.41) is 6.58. The van der Waals surface area contributed by atoms with E-state index >= 15 is 0 Å². The Bertz CT molecular complexity index is 462. The smallest absolute Gasteiger partial charge is 0.224 e. The number of rotatable bonds is 6. The van der Waals surface area contributed by atoms with Crippen LogP contribution in [0.5, 0.6) is 5.75 Å². The third kappa shape index (κ3) is 4.46. The van der Waals surface area contributed by atoms with Crippen LogP contribution in [-0.4, -0.2) is 32.1 Å². The Morgan fingerprint density at radius 1 is 1.43 bits per heavy atom. The van der Waals surface area contributed by atoms with Crippen LogP contribution in [0.2, 0.25) is 0 Å². The highest BCUT2D eigenvalue weighted by Gasteiger charge is 2.23. The van der Waals surface area contributed by atoms with Crippen molar-refractivity contribution in [1.29, 1.82) is 0 Å². The molecule has 0 radical (unpaired) electrons. The molecule has 2 N–H and O–H groups in total. The molecule has 1 saturated heterocycles. The molecule has 2 rings (SSSR count). The van der Waals surface area contributed by atoms with Crippen LogP contribution in [-0.2, 0) is 11.2 Å². The summed E-state index contributed by atoms with van der Waals surface area (Å²) in [4.78, 5) is 12.1. The first kappa shape index (κ1) is 15.8. The van der Waals surface area contributed by atoms with Crippen LogP contribution >= 0.6 is 0 Å². The quantitative estimate of drug-likeness (QED) is 0.844. The first-order valence-corrected chi connectivity index (χ1v) is 7.86. The molecule has 21 heavy (non-hydrogen) atoms. The van der Waals surface area contributed by atoms with Crippen molar-refractivity contribution in [2.75, 3.05) is 20.2 Å². The number of hydrogen-bond donors (Lipinski definition) is 2. The molecule has 1 fully saturated rings. The second kappa shape index (κ2) is 8.03. The maximum Gasteiger partial charge on any atom is 0.224 e. The van der Waals surface area contributed by atoms with Crippen LogP contribution in [0.1, 0.15) is 31.7 Å². The number of hydrogen-bond acceptors (Lipinski definition) is 3. The molecule has 4 nitrogen and oxygen atoms in total. The average molecular weight is 290 g/mol. The number of para-hydroxylation sites is 1. The zero-order chi connectivity index (χ0) is 15.1. The van der Waals surface area contributed by atoms with Crippen LogP contribution < -0.4 is 15.4 Å². The number of piperidine rings is 1. The van der Waals surface area contributed by atoms with Crippen molar-refractivity contribution in [2.45, 2.75) is 38.6 Å². The molecule has 0 aliphatic carbocycles. The monoisotopic (exact) mass is 290 g/mol. The molecule has 1 aliphatic heterocycles. The number of carbonyl (C=O) groups excluding carboxylic acids is 1. The van der Waals surface area contributed by atoms with Gasteiger partial charge in [-0.1, -0.05) is 31.5 Å². The predicted molar refractivity (Wildman–Crippen MR) is 84.5 cm³/mol. The lowest BCUT2D eigenvalue weighted by Gasteiger charge is -2.32. The minimum Gasteiger partial charge on any atom is -0.496 e. The summed E-state index contributed by atoms with van der Waals surface area (Å²) in [6.07, 6.45) is 4.04. The predicted octanol–water partition coefficient (Wildman–Crippen LogP) is 2.13. The largest absolute Gasteiger partial charge is 0.496 e. The summed E-state index contributed by atoms with van der Waals surface area (Å²) in [6.45, 7) is 4.00. The van der Waals surface area contributed by atoms with Crippen molar-refractivity contribution in [3.05, 3.63) is 29.8 Å². The van der Waals surface area contributed by atoms with E-state index in [1.54, 1.807) is 7.11 Å². The molecule has 116 valence electrons. The van der Waals surface area contributed by atoms with Gasteiger partial charge in [0, 0.05) is 18.2 Å². The molecule has 1 aliphatic rings. The van der Waals surface area contributed by atoms with Gasteiger partial charge in [0.05, 0.1) is 13.5 Å². The molecule has 2 unspecified atom stereocenters. The third-order valence-electron chi connectivity index (χ3n) is 4.31. The van der Waals surface area contributed by atoms with Crippen LogP contribution in [0.3, 0.4) is 0 Å². The molecule has 4 heteroatoms. The van der Waals surface area contributed by atoms with E-state index < -0.39 is 0 Å². The Morgan fingerprint density at radius 2 is 2.24 bits per heavy atom. The van der Waals surface area contributed by atoms with Crippen molar-refractivity contribution >= 4 is 5.91 Å². The molecule has 0 aromatic heterocycles. The van der Waals surface area contributed by atoms with Gasteiger partial charge in [0.15, 0.2) is 0 Å². The van der Waals surface area contributed by atoms with E-state index in [2.05, 4.69) is 17.6 Å². The lowest BCUT2D eigenvalue weighted by atomic mass is 9.88. The molecular weight excluding hydrogens is 264 g/mol. The van der Waals surface area contributed by atoms with E-state index in [9.17, 15) is 4.79 Å². The third-order valence-corrected chi connectivity index (χ3v) is 4.31. The Balaban J connectivity index is 1.84.